The van der Waals surface area contributed by atoms with E-state index >= 15 is 0 Å². The molecule has 1 N–H and O–H groups in total. The van der Waals surface area contributed by atoms with Crippen LogP contribution in [0.3, 0.4) is 0 Å². The molecule has 0 saturated heterocycles. The molecule has 0 unspecified atom stereocenters. The zero-order valence-electron chi connectivity index (χ0n) is 15.1. The molecule has 6 nitrogen and oxygen atoms in total. The maximum atomic E-state index is 12.3. The highest BCUT2D eigenvalue weighted by atomic mass is 35.5. The molecular formula is C20H18ClN3O3. The van der Waals surface area contributed by atoms with Gasteiger partial charge < -0.3 is 9.47 Å². The van der Waals surface area contributed by atoms with Crippen molar-refractivity contribution in [2.45, 2.75) is 6.92 Å². The summed E-state index contributed by atoms with van der Waals surface area (Å²) in [5, 5.41) is 5.25. The fourth-order valence-electron chi connectivity index (χ4n) is 2.58. The van der Waals surface area contributed by atoms with Gasteiger partial charge in [-0.3, -0.25) is 4.79 Å². The second kappa shape index (κ2) is 8.05. The minimum absolute atomic E-state index is 0.315. The number of aryl methyl sites for hydroxylation is 1. The molecule has 0 bridgehead atoms. The third kappa shape index (κ3) is 4.17. The number of carbonyl (C=O) groups excluding carboxylic acids is 1. The van der Waals surface area contributed by atoms with Crippen LogP contribution in [0.1, 0.15) is 21.5 Å². The van der Waals surface area contributed by atoms with E-state index in [-0.39, 0.29) is 5.91 Å². The number of nitrogens with one attached hydrogen (secondary N) is 1. The number of pyridine rings is 1. The van der Waals surface area contributed by atoms with Crippen LogP contribution in [0.4, 0.5) is 0 Å². The van der Waals surface area contributed by atoms with E-state index in [9.17, 15) is 4.79 Å². The normalized spacial score (nSPS) is 11.0. The van der Waals surface area contributed by atoms with Crippen molar-refractivity contribution in [3.8, 4) is 11.5 Å². The first-order chi connectivity index (χ1) is 13.0. The van der Waals surface area contributed by atoms with E-state index in [0.29, 0.717) is 27.8 Å². The summed E-state index contributed by atoms with van der Waals surface area (Å²) in [7, 11) is 3.04. The number of nitrogens with zero attached hydrogens (tertiary/aromatic N) is 2. The molecular weight excluding hydrogens is 366 g/mol. The Hall–Kier alpha value is -3.12. The molecule has 0 aliphatic rings. The van der Waals surface area contributed by atoms with E-state index in [0.717, 1.165) is 16.5 Å². The Morgan fingerprint density at radius 3 is 2.63 bits per heavy atom. The van der Waals surface area contributed by atoms with Gasteiger partial charge in [-0.1, -0.05) is 23.2 Å². The quantitative estimate of drug-likeness (QED) is 0.411. The molecule has 1 heterocycles. The number of aromatic nitrogens is 1. The average Bonchev–Trinajstić information content (AvgIpc) is 2.68. The van der Waals surface area contributed by atoms with E-state index in [1.165, 1.54) is 20.4 Å². The lowest BCUT2D eigenvalue weighted by atomic mass is 10.1. The lowest BCUT2D eigenvalue weighted by Crippen LogP contribution is -2.17. The number of rotatable bonds is 5. The number of halogens is 1. The van der Waals surface area contributed by atoms with Gasteiger partial charge in [0, 0.05) is 16.5 Å². The number of amides is 1. The van der Waals surface area contributed by atoms with E-state index in [1.54, 1.807) is 18.2 Å². The molecule has 0 radical (unpaired) electrons. The van der Waals surface area contributed by atoms with Crippen molar-refractivity contribution in [1.29, 1.82) is 0 Å². The fraction of sp³-hybridized carbons (Fsp3) is 0.150. The lowest BCUT2D eigenvalue weighted by molar-refractivity contribution is 0.0954. The van der Waals surface area contributed by atoms with Crippen LogP contribution in [-0.2, 0) is 0 Å². The number of hydrogen-bond acceptors (Lipinski definition) is 5. The summed E-state index contributed by atoms with van der Waals surface area (Å²) in [6, 6.07) is 12.6. The summed E-state index contributed by atoms with van der Waals surface area (Å²) in [5.74, 6) is 0.626. The number of ether oxygens (including phenoxy) is 2. The van der Waals surface area contributed by atoms with Crippen molar-refractivity contribution in [1.82, 2.24) is 10.4 Å². The third-order valence-corrected chi connectivity index (χ3v) is 4.27. The van der Waals surface area contributed by atoms with Gasteiger partial charge in [0.1, 0.15) is 5.15 Å². The molecule has 2 aromatic carbocycles. The molecule has 0 aliphatic carbocycles. The molecule has 3 aromatic rings. The molecule has 138 valence electrons. The average molecular weight is 384 g/mol. The van der Waals surface area contributed by atoms with Gasteiger partial charge in [-0.25, -0.2) is 10.4 Å². The van der Waals surface area contributed by atoms with Crippen molar-refractivity contribution in [3.63, 3.8) is 0 Å². The number of benzene rings is 2. The molecule has 1 amide bonds. The minimum Gasteiger partial charge on any atom is -0.493 e. The minimum atomic E-state index is -0.382. The van der Waals surface area contributed by atoms with Gasteiger partial charge in [0.2, 0.25) is 0 Å². The van der Waals surface area contributed by atoms with Gasteiger partial charge in [0.15, 0.2) is 11.5 Å². The maximum Gasteiger partial charge on any atom is 0.271 e. The molecule has 3 rings (SSSR count). The Bertz CT molecular complexity index is 1030. The molecule has 0 atom stereocenters. The first-order valence-corrected chi connectivity index (χ1v) is 8.52. The van der Waals surface area contributed by atoms with Crippen molar-refractivity contribution >= 4 is 34.6 Å². The largest absolute Gasteiger partial charge is 0.493 e. The first-order valence-electron chi connectivity index (χ1n) is 8.14. The summed E-state index contributed by atoms with van der Waals surface area (Å²) in [6.45, 7) is 2.01. The Morgan fingerprint density at radius 2 is 1.89 bits per heavy atom. The zero-order chi connectivity index (χ0) is 19.4. The lowest BCUT2D eigenvalue weighted by Gasteiger charge is -2.08. The number of methoxy groups -OCH3 is 2. The topological polar surface area (TPSA) is 72.8 Å². The van der Waals surface area contributed by atoms with Crippen LogP contribution in [0.25, 0.3) is 10.9 Å². The van der Waals surface area contributed by atoms with Crippen LogP contribution < -0.4 is 14.9 Å². The van der Waals surface area contributed by atoms with Crippen molar-refractivity contribution in [2.75, 3.05) is 14.2 Å². The zero-order valence-corrected chi connectivity index (χ0v) is 15.9. The summed E-state index contributed by atoms with van der Waals surface area (Å²) in [4.78, 5) is 16.6. The van der Waals surface area contributed by atoms with Gasteiger partial charge in [0.25, 0.3) is 5.91 Å². The summed E-state index contributed by atoms with van der Waals surface area (Å²) < 4.78 is 10.4. The van der Waals surface area contributed by atoms with E-state index in [2.05, 4.69) is 15.5 Å². The Balaban J connectivity index is 1.78. The van der Waals surface area contributed by atoms with E-state index in [4.69, 9.17) is 21.1 Å². The van der Waals surface area contributed by atoms with Gasteiger partial charge >= 0.3 is 0 Å². The van der Waals surface area contributed by atoms with Gasteiger partial charge in [-0.2, -0.15) is 5.10 Å². The summed E-state index contributed by atoms with van der Waals surface area (Å²) >= 11 is 6.20. The first kappa shape index (κ1) is 18.7. The van der Waals surface area contributed by atoms with Gasteiger partial charge in [-0.05, 0) is 43.3 Å². The third-order valence-electron chi connectivity index (χ3n) is 3.97. The highest BCUT2D eigenvalue weighted by molar-refractivity contribution is 6.32. The molecule has 7 heteroatoms. The highest BCUT2D eigenvalue weighted by Crippen LogP contribution is 2.27. The molecule has 0 aliphatic heterocycles. The second-order valence-corrected chi connectivity index (χ2v) is 6.19. The van der Waals surface area contributed by atoms with Gasteiger partial charge in [0.05, 0.1) is 26.0 Å². The number of hydrazone groups is 1. The van der Waals surface area contributed by atoms with Gasteiger partial charge in [-0.15, -0.1) is 0 Å². The number of carbonyl (C=O) groups is 1. The fourth-order valence-corrected chi connectivity index (χ4v) is 2.78. The number of fused-ring (bicyclic) bond motifs is 1. The molecule has 27 heavy (non-hydrogen) atoms. The SMILES string of the molecule is COc1ccc(C(=O)N/N=C/c2cc3cc(C)ccc3nc2Cl)cc1OC. The Kier molecular flexibility index (Phi) is 5.57. The predicted molar refractivity (Wildman–Crippen MR) is 106 cm³/mol. The number of hydrogen-bond donors (Lipinski definition) is 1. The van der Waals surface area contributed by atoms with Crippen LogP contribution in [0, 0.1) is 6.92 Å². The van der Waals surface area contributed by atoms with Crippen LogP contribution in [-0.4, -0.2) is 31.3 Å². The van der Waals surface area contributed by atoms with E-state index in [1.807, 2.05) is 31.2 Å². The van der Waals surface area contributed by atoms with Crippen molar-refractivity contribution in [3.05, 3.63) is 64.3 Å². The Labute approximate surface area is 161 Å². The second-order valence-electron chi connectivity index (χ2n) is 5.83. The molecule has 0 saturated carbocycles. The van der Waals surface area contributed by atoms with Crippen LogP contribution in [0.2, 0.25) is 5.15 Å². The monoisotopic (exact) mass is 383 g/mol. The van der Waals surface area contributed by atoms with Crippen molar-refractivity contribution < 1.29 is 14.3 Å². The summed E-state index contributed by atoms with van der Waals surface area (Å²) in [5.41, 5.74) is 5.40. The van der Waals surface area contributed by atoms with E-state index < -0.39 is 0 Å². The molecule has 0 spiro atoms. The highest BCUT2D eigenvalue weighted by Gasteiger charge is 2.10. The predicted octanol–water partition coefficient (Wildman–Crippen LogP) is 3.98. The molecule has 1 aromatic heterocycles. The Morgan fingerprint density at radius 1 is 1.11 bits per heavy atom. The van der Waals surface area contributed by atoms with Crippen LogP contribution in [0.5, 0.6) is 11.5 Å². The maximum absolute atomic E-state index is 12.3. The van der Waals surface area contributed by atoms with Crippen LogP contribution >= 0.6 is 11.6 Å². The summed E-state index contributed by atoms with van der Waals surface area (Å²) in [6.07, 6.45) is 1.47. The van der Waals surface area contributed by atoms with Crippen molar-refractivity contribution in [2.24, 2.45) is 5.10 Å². The van der Waals surface area contributed by atoms with Crippen LogP contribution in [0.15, 0.2) is 47.6 Å². The molecule has 0 fully saturated rings. The standard InChI is InChI=1S/C20H18ClN3O3/c1-12-4-6-16-14(8-12)9-15(19(21)23-16)11-22-24-20(25)13-5-7-17(26-2)18(10-13)27-3/h4-11H,1-3H3,(H,24,25)/b22-11+. The smallest absolute Gasteiger partial charge is 0.271 e.